The molecule has 0 radical (unpaired) electrons. The van der Waals surface area contributed by atoms with Gasteiger partial charge in [0.25, 0.3) is 0 Å². The Hall–Kier alpha value is -0.610. The maximum atomic E-state index is 10.8. The van der Waals surface area contributed by atoms with Crippen LogP contribution in [-0.2, 0) is 4.79 Å². The average molecular weight is 201 g/mol. The molecule has 0 saturated carbocycles. The van der Waals surface area contributed by atoms with Crippen molar-refractivity contribution in [3.63, 3.8) is 0 Å². The summed E-state index contributed by atoms with van der Waals surface area (Å²) in [6, 6.07) is 0.203. The fraction of sp³-hybridized carbons (Fsp3) is 0.900. The molecule has 4 heteroatoms. The zero-order valence-corrected chi connectivity index (χ0v) is 9.57. The first-order chi connectivity index (χ1) is 6.65. The molecule has 0 aromatic rings. The lowest BCUT2D eigenvalue weighted by molar-refractivity contribution is -0.120. The Kier molecular flexibility index (Phi) is 7.42. The highest BCUT2D eigenvalue weighted by atomic mass is 16.1. The summed E-state index contributed by atoms with van der Waals surface area (Å²) in [6.45, 7) is 4.42. The fourth-order valence-corrected chi connectivity index (χ4v) is 1.43. The summed E-state index contributed by atoms with van der Waals surface area (Å²) in [5, 5.41) is 0. The van der Waals surface area contributed by atoms with Crippen LogP contribution in [0.3, 0.4) is 0 Å². The SMILES string of the molecule is CCC(CN)N(C=O)CCCN(C)C. The summed E-state index contributed by atoms with van der Waals surface area (Å²) >= 11 is 0. The molecule has 0 fully saturated rings. The van der Waals surface area contributed by atoms with E-state index in [9.17, 15) is 4.79 Å². The molecule has 0 bridgehead atoms. The van der Waals surface area contributed by atoms with E-state index in [1.807, 2.05) is 19.0 Å². The quantitative estimate of drug-likeness (QED) is 0.568. The normalized spacial score (nSPS) is 12.9. The monoisotopic (exact) mass is 201 g/mol. The van der Waals surface area contributed by atoms with Crippen LogP contribution in [0.15, 0.2) is 0 Å². The van der Waals surface area contributed by atoms with Crippen molar-refractivity contribution in [2.75, 3.05) is 33.7 Å². The van der Waals surface area contributed by atoms with Gasteiger partial charge in [0, 0.05) is 19.1 Å². The smallest absolute Gasteiger partial charge is 0.209 e. The van der Waals surface area contributed by atoms with Crippen molar-refractivity contribution < 1.29 is 4.79 Å². The van der Waals surface area contributed by atoms with E-state index in [1.54, 1.807) is 0 Å². The van der Waals surface area contributed by atoms with E-state index in [0.29, 0.717) is 6.54 Å². The summed E-state index contributed by atoms with van der Waals surface area (Å²) < 4.78 is 0. The van der Waals surface area contributed by atoms with E-state index >= 15 is 0 Å². The Morgan fingerprint density at radius 2 is 2.00 bits per heavy atom. The predicted octanol–water partition coefficient (Wildman–Crippen LogP) is 0.134. The maximum absolute atomic E-state index is 10.8. The first-order valence-corrected chi connectivity index (χ1v) is 5.21. The fourth-order valence-electron chi connectivity index (χ4n) is 1.43. The van der Waals surface area contributed by atoms with Gasteiger partial charge in [-0.2, -0.15) is 0 Å². The molecule has 0 aromatic carbocycles. The van der Waals surface area contributed by atoms with Gasteiger partial charge in [-0.15, -0.1) is 0 Å². The van der Waals surface area contributed by atoms with Crippen LogP contribution >= 0.6 is 0 Å². The summed E-state index contributed by atoms with van der Waals surface area (Å²) in [5.41, 5.74) is 5.58. The van der Waals surface area contributed by atoms with Gasteiger partial charge in [-0.3, -0.25) is 4.79 Å². The minimum Gasteiger partial charge on any atom is -0.341 e. The average Bonchev–Trinajstić information content (AvgIpc) is 2.16. The number of hydrogen-bond donors (Lipinski definition) is 1. The number of nitrogens with zero attached hydrogens (tertiary/aromatic N) is 2. The minimum absolute atomic E-state index is 0.203. The van der Waals surface area contributed by atoms with Crippen LogP contribution in [0, 0.1) is 0 Å². The highest BCUT2D eigenvalue weighted by molar-refractivity contribution is 5.47. The highest BCUT2D eigenvalue weighted by Crippen LogP contribution is 2.01. The molecule has 0 aliphatic carbocycles. The molecule has 1 amide bonds. The van der Waals surface area contributed by atoms with E-state index < -0.39 is 0 Å². The number of nitrogens with two attached hydrogens (primary N) is 1. The van der Waals surface area contributed by atoms with E-state index in [0.717, 1.165) is 32.3 Å². The second-order valence-electron chi connectivity index (χ2n) is 3.80. The van der Waals surface area contributed by atoms with Crippen LogP contribution in [0.4, 0.5) is 0 Å². The van der Waals surface area contributed by atoms with E-state index in [-0.39, 0.29) is 6.04 Å². The van der Waals surface area contributed by atoms with Gasteiger partial charge in [0.2, 0.25) is 6.41 Å². The third-order valence-corrected chi connectivity index (χ3v) is 2.37. The summed E-state index contributed by atoms with van der Waals surface area (Å²) in [4.78, 5) is 14.7. The Bertz CT molecular complexity index is 146. The summed E-state index contributed by atoms with van der Waals surface area (Å²) in [6.07, 6.45) is 2.84. The third kappa shape index (κ3) is 5.19. The molecule has 2 N–H and O–H groups in total. The molecule has 0 aliphatic heterocycles. The largest absolute Gasteiger partial charge is 0.341 e. The molecular weight excluding hydrogens is 178 g/mol. The number of hydrogen-bond acceptors (Lipinski definition) is 3. The molecule has 0 aliphatic rings. The molecule has 0 saturated heterocycles. The first kappa shape index (κ1) is 13.4. The maximum Gasteiger partial charge on any atom is 0.209 e. The molecule has 0 rings (SSSR count). The number of amides is 1. The molecule has 14 heavy (non-hydrogen) atoms. The lowest BCUT2D eigenvalue weighted by atomic mass is 10.2. The second kappa shape index (κ2) is 7.76. The number of carbonyl (C=O) groups is 1. The first-order valence-electron chi connectivity index (χ1n) is 5.21. The van der Waals surface area contributed by atoms with Gasteiger partial charge in [-0.05, 0) is 33.5 Å². The van der Waals surface area contributed by atoms with Crippen LogP contribution < -0.4 is 5.73 Å². The van der Waals surface area contributed by atoms with E-state index in [2.05, 4.69) is 11.8 Å². The Morgan fingerprint density at radius 3 is 2.36 bits per heavy atom. The molecule has 0 spiro atoms. The van der Waals surface area contributed by atoms with Crippen molar-refractivity contribution in [3.05, 3.63) is 0 Å². The van der Waals surface area contributed by atoms with Crippen molar-refractivity contribution in [3.8, 4) is 0 Å². The molecule has 1 atom stereocenters. The van der Waals surface area contributed by atoms with Crippen LogP contribution in [-0.4, -0.2) is 56.0 Å². The molecule has 4 nitrogen and oxygen atoms in total. The van der Waals surface area contributed by atoms with Crippen LogP contribution in [0.2, 0.25) is 0 Å². The number of rotatable bonds is 8. The molecule has 1 unspecified atom stereocenters. The van der Waals surface area contributed by atoms with Gasteiger partial charge in [-0.25, -0.2) is 0 Å². The van der Waals surface area contributed by atoms with Gasteiger partial charge in [0.15, 0.2) is 0 Å². The van der Waals surface area contributed by atoms with Crippen molar-refractivity contribution in [2.24, 2.45) is 5.73 Å². The van der Waals surface area contributed by atoms with Gasteiger partial charge in [0.05, 0.1) is 0 Å². The lowest BCUT2D eigenvalue weighted by Crippen LogP contribution is -2.40. The standard InChI is InChI=1S/C10H23N3O/c1-4-10(8-11)13(9-14)7-5-6-12(2)3/h9-10H,4-8,11H2,1-3H3. The second-order valence-corrected chi connectivity index (χ2v) is 3.80. The van der Waals surface area contributed by atoms with Crippen LogP contribution in [0.1, 0.15) is 19.8 Å². The third-order valence-electron chi connectivity index (χ3n) is 2.37. The van der Waals surface area contributed by atoms with E-state index in [1.165, 1.54) is 0 Å². The Labute approximate surface area is 87.0 Å². The number of carbonyl (C=O) groups excluding carboxylic acids is 1. The van der Waals surface area contributed by atoms with Gasteiger partial charge < -0.3 is 15.5 Å². The van der Waals surface area contributed by atoms with Crippen molar-refractivity contribution >= 4 is 6.41 Å². The Morgan fingerprint density at radius 1 is 1.36 bits per heavy atom. The van der Waals surface area contributed by atoms with Crippen molar-refractivity contribution in [2.45, 2.75) is 25.8 Å². The summed E-state index contributed by atoms with van der Waals surface area (Å²) in [7, 11) is 4.07. The predicted molar refractivity (Wildman–Crippen MR) is 59.1 cm³/mol. The lowest BCUT2D eigenvalue weighted by Gasteiger charge is -2.26. The Balaban J connectivity index is 3.83. The van der Waals surface area contributed by atoms with E-state index in [4.69, 9.17) is 5.73 Å². The van der Waals surface area contributed by atoms with Crippen molar-refractivity contribution in [1.82, 2.24) is 9.80 Å². The van der Waals surface area contributed by atoms with Gasteiger partial charge in [0.1, 0.15) is 0 Å². The van der Waals surface area contributed by atoms with Crippen LogP contribution in [0.25, 0.3) is 0 Å². The summed E-state index contributed by atoms with van der Waals surface area (Å²) in [5.74, 6) is 0. The zero-order valence-electron chi connectivity index (χ0n) is 9.57. The molecule has 84 valence electrons. The van der Waals surface area contributed by atoms with Gasteiger partial charge >= 0.3 is 0 Å². The minimum atomic E-state index is 0.203. The topological polar surface area (TPSA) is 49.6 Å². The molecular formula is C10H23N3O. The van der Waals surface area contributed by atoms with Gasteiger partial charge in [-0.1, -0.05) is 6.92 Å². The molecule has 0 heterocycles. The highest BCUT2D eigenvalue weighted by Gasteiger charge is 2.12. The molecule has 0 aromatic heterocycles. The van der Waals surface area contributed by atoms with Crippen LogP contribution in [0.5, 0.6) is 0 Å². The zero-order chi connectivity index (χ0) is 11.0. The van der Waals surface area contributed by atoms with Crippen molar-refractivity contribution in [1.29, 1.82) is 0 Å².